The van der Waals surface area contributed by atoms with Gasteiger partial charge in [0.1, 0.15) is 0 Å². The normalized spacial score (nSPS) is 26.7. The van der Waals surface area contributed by atoms with Crippen LogP contribution in [0.4, 0.5) is 0 Å². The molecular weight excluding hydrogens is 256 g/mol. The monoisotopic (exact) mass is 286 g/mol. The lowest BCUT2D eigenvalue weighted by Crippen LogP contribution is -2.30. The third-order valence-electron chi connectivity index (χ3n) is 5.01. The molecule has 1 heterocycles. The summed E-state index contributed by atoms with van der Waals surface area (Å²) in [6.07, 6.45) is 5.36. The average molecular weight is 286 g/mol. The number of benzene rings is 1. The third kappa shape index (κ3) is 3.49. The number of nitrogens with zero attached hydrogens (tertiary/aromatic N) is 1. The molecule has 0 bridgehead atoms. The maximum atomic E-state index is 3.40. The quantitative estimate of drug-likeness (QED) is 0.859. The van der Waals surface area contributed by atoms with Gasteiger partial charge in [0.2, 0.25) is 0 Å². The lowest BCUT2D eigenvalue weighted by atomic mass is 9.92. The first kappa shape index (κ1) is 15.1. The number of likely N-dealkylation sites (tertiary alicyclic amines) is 1. The van der Waals surface area contributed by atoms with Crippen LogP contribution in [0, 0.1) is 11.8 Å². The van der Waals surface area contributed by atoms with Gasteiger partial charge in [-0.25, -0.2) is 0 Å². The Morgan fingerprint density at radius 3 is 2.43 bits per heavy atom. The van der Waals surface area contributed by atoms with Crippen molar-refractivity contribution in [1.82, 2.24) is 10.2 Å². The van der Waals surface area contributed by atoms with E-state index >= 15 is 0 Å². The molecule has 0 radical (unpaired) electrons. The maximum absolute atomic E-state index is 3.40. The van der Waals surface area contributed by atoms with Gasteiger partial charge in [0.25, 0.3) is 0 Å². The van der Waals surface area contributed by atoms with Crippen LogP contribution in [0.3, 0.4) is 0 Å². The van der Waals surface area contributed by atoms with E-state index in [9.17, 15) is 0 Å². The first-order valence-electron chi connectivity index (χ1n) is 8.68. The highest BCUT2D eigenvalue weighted by atomic mass is 15.2. The molecule has 1 aromatic rings. The number of rotatable bonds is 6. The molecule has 1 aromatic carbocycles. The largest absolute Gasteiger partial charge is 0.319 e. The summed E-state index contributed by atoms with van der Waals surface area (Å²) in [5, 5.41) is 3.40. The number of hydrogen-bond donors (Lipinski definition) is 1. The van der Waals surface area contributed by atoms with E-state index < -0.39 is 0 Å². The van der Waals surface area contributed by atoms with E-state index in [0.717, 1.165) is 24.4 Å². The molecule has 0 aromatic heterocycles. The van der Waals surface area contributed by atoms with Crippen molar-refractivity contribution < 1.29 is 0 Å². The first-order chi connectivity index (χ1) is 10.2. The molecule has 2 atom stereocenters. The molecule has 2 nitrogen and oxygen atoms in total. The Morgan fingerprint density at radius 2 is 1.86 bits per heavy atom. The summed E-state index contributed by atoms with van der Waals surface area (Å²) in [5.74, 6) is 1.51. The zero-order valence-corrected chi connectivity index (χ0v) is 13.8. The Hall–Kier alpha value is -0.860. The van der Waals surface area contributed by atoms with E-state index in [4.69, 9.17) is 0 Å². The van der Waals surface area contributed by atoms with Gasteiger partial charge in [-0.3, -0.25) is 4.90 Å². The SMILES string of the molecule is CNCC1CCN(C2CC2)C1c1ccc(CC(C)C)cc1. The molecule has 2 heteroatoms. The van der Waals surface area contributed by atoms with Gasteiger partial charge in [-0.2, -0.15) is 0 Å². The Balaban J connectivity index is 1.77. The van der Waals surface area contributed by atoms with Crippen LogP contribution in [0.1, 0.15) is 50.3 Å². The van der Waals surface area contributed by atoms with Crippen LogP contribution in [0.2, 0.25) is 0 Å². The highest BCUT2D eigenvalue weighted by Crippen LogP contribution is 2.43. The van der Waals surface area contributed by atoms with E-state index in [1.54, 1.807) is 0 Å². The Kier molecular flexibility index (Phi) is 4.66. The molecule has 2 unspecified atom stereocenters. The molecule has 3 rings (SSSR count). The highest BCUT2D eigenvalue weighted by Gasteiger charge is 2.42. The van der Waals surface area contributed by atoms with Crippen molar-refractivity contribution in [1.29, 1.82) is 0 Å². The minimum Gasteiger partial charge on any atom is -0.319 e. The van der Waals surface area contributed by atoms with Gasteiger partial charge >= 0.3 is 0 Å². The minimum atomic E-state index is 0.637. The van der Waals surface area contributed by atoms with Crippen LogP contribution >= 0.6 is 0 Å². The zero-order valence-electron chi connectivity index (χ0n) is 13.8. The van der Waals surface area contributed by atoms with Crippen LogP contribution in [-0.4, -0.2) is 31.1 Å². The Bertz CT molecular complexity index is 447. The topological polar surface area (TPSA) is 15.3 Å². The fourth-order valence-corrected chi connectivity index (χ4v) is 3.96. The molecule has 1 N–H and O–H groups in total. The second-order valence-corrected chi connectivity index (χ2v) is 7.36. The molecular formula is C19H30N2. The van der Waals surface area contributed by atoms with Crippen molar-refractivity contribution in [3.8, 4) is 0 Å². The molecule has 2 aliphatic rings. The van der Waals surface area contributed by atoms with Gasteiger partial charge in [-0.15, -0.1) is 0 Å². The van der Waals surface area contributed by atoms with Gasteiger partial charge < -0.3 is 5.32 Å². The number of hydrogen-bond acceptors (Lipinski definition) is 2. The van der Waals surface area contributed by atoms with Crippen LogP contribution in [0.15, 0.2) is 24.3 Å². The summed E-state index contributed by atoms with van der Waals surface area (Å²) < 4.78 is 0. The van der Waals surface area contributed by atoms with Crippen molar-refractivity contribution in [3.63, 3.8) is 0 Å². The van der Waals surface area contributed by atoms with Gasteiger partial charge in [-0.1, -0.05) is 38.1 Å². The predicted octanol–water partition coefficient (Wildman–Crippen LogP) is 3.63. The van der Waals surface area contributed by atoms with E-state index in [1.165, 1.54) is 43.4 Å². The zero-order chi connectivity index (χ0) is 14.8. The Morgan fingerprint density at radius 1 is 1.14 bits per heavy atom. The molecule has 1 saturated heterocycles. The molecule has 0 amide bonds. The van der Waals surface area contributed by atoms with Crippen molar-refractivity contribution in [3.05, 3.63) is 35.4 Å². The summed E-state index contributed by atoms with van der Waals surface area (Å²) in [6, 6.07) is 11.0. The fourth-order valence-electron chi connectivity index (χ4n) is 3.96. The molecule has 2 fully saturated rings. The van der Waals surface area contributed by atoms with Crippen molar-refractivity contribution >= 4 is 0 Å². The van der Waals surface area contributed by atoms with Crippen LogP contribution in [0.25, 0.3) is 0 Å². The summed E-state index contributed by atoms with van der Waals surface area (Å²) in [5.41, 5.74) is 3.02. The number of nitrogens with one attached hydrogen (secondary N) is 1. The molecule has 1 aliphatic heterocycles. The lowest BCUT2D eigenvalue weighted by Gasteiger charge is -2.29. The predicted molar refractivity (Wildman–Crippen MR) is 89.5 cm³/mol. The van der Waals surface area contributed by atoms with E-state index in [1.807, 2.05) is 0 Å². The molecule has 1 saturated carbocycles. The smallest absolute Gasteiger partial charge is 0.0391 e. The minimum absolute atomic E-state index is 0.637. The van der Waals surface area contributed by atoms with Crippen molar-refractivity contribution in [2.24, 2.45) is 11.8 Å². The van der Waals surface area contributed by atoms with Crippen LogP contribution in [0.5, 0.6) is 0 Å². The second kappa shape index (κ2) is 6.50. The average Bonchev–Trinajstić information content (AvgIpc) is 3.21. The standard InChI is InChI=1S/C19H30N2/c1-14(2)12-15-4-6-16(7-5-15)19-17(13-20-3)10-11-21(19)18-8-9-18/h4-7,14,17-20H,8-13H2,1-3H3. The fraction of sp³-hybridized carbons (Fsp3) is 0.684. The van der Waals surface area contributed by atoms with E-state index in [0.29, 0.717) is 6.04 Å². The van der Waals surface area contributed by atoms with Crippen molar-refractivity contribution in [2.75, 3.05) is 20.1 Å². The van der Waals surface area contributed by atoms with E-state index in [-0.39, 0.29) is 0 Å². The van der Waals surface area contributed by atoms with Gasteiger partial charge in [0.05, 0.1) is 0 Å². The summed E-state index contributed by atoms with van der Waals surface area (Å²) >= 11 is 0. The lowest BCUT2D eigenvalue weighted by molar-refractivity contribution is 0.217. The van der Waals surface area contributed by atoms with Crippen LogP contribution < -0.4 is 5.32 Å². The first-order valence-corrected chi connectivity index (χ1v) is 8.68. The summed E-state index contributed by atoms with van der Waals surface area (Å²) in [4.78, 5) is 2.78. The summed E-state index contributed by atoms with van der Waals surface area (Å²) in [6.45, 7) is 7.02. The molecule has 1 aliphatic carbocycles. The second-order valence-electron chi connectivity index (χ2n) is 7.36. The van der Waals surface area contributed by atoms with Gasteiger partial charge in [-0.05, 0) is 68.8 Å². The van der Waals surface area contributed by atoms with E-state index in [2.05, 4.69) is 55.4 Å². The molecule has 21 heavy (non-hydrogen) atoms. The summed E-state index contributed by atoms with van der Waals surface area (Å²) in [7, 11) is 2.09. The van der Waals surface area contributed by atoms with Crippen molar-refractivity contribution in [2.45, 2.75) is 51.6 Å². The maximum Gasteiger partial charge on any atom is 0.0391 e. The van der Waals surface area contributed by atoms with Crippen LogP contribution in [-0.2, 0) is 6.42 Å². The molecule has 116 valence electrons. The molecule has 0 spiro atoms. The third-order valence-corrected chi connectivity index (χ3v) is 5.01. The van der Waals surface area contributed by atoms with Gasteiger partial charge in [0, 0.05) is 12.1 Å². The van der Waals surface area contributed by atoms with Gasteiger partial charge in [0.15, 0.2) is 0 Å². The Labute approximate surface area is 129 Å². The highest BCUT2D eigenvalue weighted by molar-refractivity contribution is 5.27.